The molecule has 3 nitrogen and oxygen atoms in total. The fourth-order valence-corrected chi connectivity index (χ4v) is 6.74. The zero-order valence-electron chi connectivity index (χ0n) is 27.7. The number of fused-ring (bicyclic) bond motifs is 2. The van der Waals surface area contributed by atoms with Gasteiger partial charge < -0.3 is 14.4 Å². The maximum absolute atomic E-state index is 6.44. The lowest BCUT2D eigenvalue weighted by Crippen LogP contribution is -2.41. The smallest absolute Gasteiger partial charge is 0.124 e. The Morgan fingerprint density at radius 2 is 0.867 bits per heavy atom. The van der Waals surface area contributed by atoms with E-state index in [2.05, 4.69) is 176 Å². The van der Waals surface area contributed by atoms with Crippen LogP contribution in [0.15, 0.2) is 115 Å². The van der Waals surface area contributed by atoms with Crippen molar-refractivity contribution in [1.29, 1.82) is 0 Å². The monoisotopic (exact) mass is 593 g/mol. The quantitative estimate of drug-likeness (QED) is 0.202. The van der Waals surface area contributed by atoms with Crippen molar-refractivity contribution >= 4 is 17.1 Å². The second kappa shape index (κ2) is 10.0. The Morgan fingerprint density at radius 1 is 0.444 bits per heavy atom. The summed E-state index contributed by atoms with van der Waals surface area (Å²) in [6.45, 7) is 17.9. The maximum Gasteiger partial charge on any atom is 0.124 e. The third-order valence-corrected chi connectivity index (χ3v) is 11.0. The highest BCUT2D eigenvalue weighted by Gasteiger charge is 2.49. The van der Waals surface area contributed by atoms with Crippen LogP contribution < -0.4 is 14.4 Å². The summed E-state index contributed by atoms with van der Waals surface area (Å²) < 4.78 is 12.8. The van der Waals surface area contributed by atoms with Gasteiger partial charge in [0.25, 0.3) is 0 Å². The molecule has 0 atom stereocenters. The second-order valence-corrected chi connectivity index (χ2v) is 14.6. The van der Waals surface area contributed by atoms with Gasteiger partial charge in [0.05, 0.1) is 5.69 Å². The number of ether oxygens (including phenoxy) is 2. The van der Waals surface area contributed by atoms with Gasteiger partial charge in [-0.2, -0.15) is 0 Å². The molecule has 45 heavy (non-hydrogen) atoms. The highest BCUT2D eigenvalue weighted by atomic mass is 16.5. The van der Waals surface area contributed by atoms with Crippen LogP contribution in [0.3, 0.4) is 0 Å². The van der Waals surface area contributed by atoms with Gasteiger partial charge in [-0.3, -0.25) is 0 Å². The van der Waals surface area contributed by atoms with Gasteiger partial charge >= 0.3 is 0 Å². The van der Waals surface area contributed by atoms with Crippen molar-refractivity contribution in [2.45, 2.75) is 77.4 Å². The first-order valence-electron chi connectivity index (χ1n) is 16.0. The molecular weight excluding hydrogens is 550 g/mol. The highest BCUT2D eigenvalue weighted by Crippen LogP contribution is 2.52. The molecule has 3 heteroatoms. The van der Waals surface area contributed by atoms with E-state index in [-0.39, 0.29) is 22.0 Å². The largest absolute Gasteiger partial charge is 0.487 e. The van der Waals surface area contributed by atoms with Crippen LogP contribution >= 0.6 is 0 Å². The fourth-order valence-electron chi connectivity index (χ4n) is 6.74. The third kappa shape index (κ3) is 4.55. The average molecular weight is 594 g/mol. The van der Waals surface area contributed by atoms with E-state index in [0.29, 0.717) is 0 Å². The summed E-state index contributed by atoms with van der Waals surface area (Å²) in [5.41, 5.74) is 9.71. The summed E-state index contributed by atoms with van der Waals surface area (Å²) in [4.78, 5) is 2.38. The molecule has 0 aliphatic carbocycles. The van der Waals surface area contributed by atoms with E-state index in [9.17, 15) is 0 Å². The normalized spacial score (nSPS) is 18.0. The molecule has 0 unspecified atom stereocenters. The first kappa shape index (κ1) is 29.2. The molecular formula is C42H43NO2. The number of hydrogen-bond acceptors (Lipinski definition) is 3. The SMILES string of the molecule is CC1(C)Oc2ccc(-c3ccc(-c4ccc5c(c4)C(C)(C)C(C)(C)O5)c(N(c4ccccc4)c4ccccc4)c3)cc2C1(C)C. The summed E-state index contributed by atoms with van der Waals surface area (Å²) in [5, 5.41) is 0. The molecule has 5 aromatic rings. The molecule has 7 rings (SSSR count). The molecule has 0 amide bonds. The highest BCUT2D eigenvalue weighted by molar-refractivity contribution is 5.91. The Hall–Kier alpha value is -4.50. The molecule has 0 fully saturated rings. The molecule has 2 heterocycles. The predicted molar refractivity (Wildman–Crippen MR) is 187 cm³/mol. The molecule has 5 aromatic carbocycles. The molecule has 0 spiro atoms. The number of benzene rings is 5. The van der Waals surface area contributed by atoms with Crippen molar-refractivity contribution in [2.24, 2.45) is 0 Å². The number of para-hydroxylation sites is 2. The Labute approximate surface area is 268 Å². The summed E-state index contributed by atoms with van der Waals surface area (Å²) in [7, 11) is 0. The van der Waals surface area contributed by atoms with Crippen LogP contribution in [-0.2, 0) is 10.8 Å². The van der Waals surface area contributed by atoms with Crippen molar-refractivity contribution < 1.29 is 9.47 Å². The Kier molecular flexibility index (Phi) is 6.50. The van der Waals surface area contributed by atoms with E-state index < -0.39 is 0 Å². The fraction of sp³-hybridized carbons (Fsp3) is 0.286. The van der Waals surface area contributed by atoms with Crippen molar-refractivity contribution in [3.8, 4) is 33.8 Å². The molecule has 2 aliphatic heterocycles. The molecule has 0 saturated carbocycles. The standard InChI is InChI=1S/C42H43NO2/c1-39(2)34-25-28(20-23-37(34)44-41(39,5)6)29-19-22-33(30-21-24-38-35(26-30)40(3,4)42(7,8)45-38)36(27-29)43(31-15-11-9-12-16-31)32-17-13-10-14-18-32/h9-27H,1-8H3. The van der Waals surface area contributed by atoms with Gasteiger partial charge in [-0.25, -0.2) is 0 Å². The third-order valence-electron chi connectivity index (χ3n) is 11.0. The van der Waals surface area contributed by atoms with Gasteiger partial charge in [0.1, 0.15) is 22.7 Å². The molecule has 228 valence electrons. The van der Waals surface area contributed by atoms with Gasteiger partial charge in [-0.15, -0.1) is 0 Å². The van der Waals surface area contributed by atoms with Crippen LogP contribution in [0.4, 0.5) is 17.1 Å². The van der Waals surface area contributed by atoms with E-state index in [4.69, 9.17) is 9.47 Å². The minimum Gasteiger partial charge on any atom is -0.487 e. The lowest BCUT2D eigenvalue weighted by molar-refractivity contribution is 0.0711. The van der Waals surface area contributed by atoms with E-state index in [1.54, 1.807) is 0 Å². The molecule has 2 aliphatic rings. The van der Waals surface area contributed by atoms with E-state index in [0.717, 1.165) is 28.6 Å². The Bertz CT molecular complexity index is 1860. The molecule has 0 saturated heterocycles. The second-order valence-electron chi connectivity index (χ2n) is 14.6. The zero-order valence-corrected chi connectivity index (χ0v) is 27.7. The van der Waals surface area contributed by atoms with Crippen molar-refractivity contribution in [1.82, 2.24) is 0 Å². The summed E-state index contributed by atoms with van der Waals surface area (Å²) in [6.07, 6.45) is 0. The van der Waals surface area contributed by atoms with Crippen molar-refractivity contribution in [2.75, 3.05) is 4.90 Å². The number of hydrogen-bond donors (Lipinski definition) is 0. The van der Waals surface area contributed by atoms with E-state index in [1.807, 2.05) is 0 Å². The first-order valence-corrected chi connectivity index (χ1v) is 16.0. The topological polar surface area (TPSA) is 21.7 Å². The summed E-state index contributed by atoms with van der Waals surface area (Å²) in [5.74, 6) is 1.95. The molecule has 0 bridgehead atoms. The van der Waals surface area contributed by atoms with Crippen LogP contribution in [0.25, 0.3) is 22.3 Å². The minimum atomic E-state index is -0.291. The number of rotatable bonds is 5. The number of nitrogens with zero attached hydrogens (tertiary/aromatic N) is 1. The number of anilines is 3. The maximum atomic E-state index is 6.44. The zero-order chi connectivity index (χ0) is 31.8. The minimum absolute atomic E-state index is 0.117. The van der Waals surface area contributed by atoms with Crippen molar-refractivity contribution in [3.05, 3.63) is 126 Å². The van der Waals surface area contributed by atoms with Gasteiger partial charge in [-0.1, -0.05) is 88.4 Å². The van der Waals surface area contributed by atoms with Crippen LogP contribution in [0.1, 0.15) is 66.5 Å². The van der Waals surface area contributed by atoms with Gasteiger partial charge in [-0.05, 0) is 99.0 Å². The van der Waals surface area contributed by atoms with Crippen LogP contribution in [0.5, 0.6) is 11.5 Å². The molecule has 0 N–H and O–H groups in total. The summed E-state index contributed by atoms with van der Waals surface area (Å²) in [6, 6.07) is 41.6. The van der Waals surface area contributed by atoms with Gasteiger partial charge in [0, 0.05) is 38.9 Å². The van der Waals surface area contributed by atoms with E-state index in [1.165, 1.54) is 33.4 Å². The van der Waals surface area contributed by atoms with Gasteiger partial charge in [0.2, 0.25) is 0 Å². The lowest BCUT2D eigenvalue weighted by atomic mass is 9.73. The van der Waals surface area contributed by atoms with Crippen molar-refractivity contribution in [3.63, 3.8) is 0 Å². The lowest BCUT2D eigenvalue weighted by Gasteiger charge is -2.33. The average Bonchev–Trinajstić information content (AvgIpc) is 3.32. The van der Waals surface area contributed by atoms with Crippen LogP contribution in [0.2, 0.25) is 0 Å². The molecule has 0 aromatic heterocycles. The Balaban J connectivity index is 1.45. The van der Waals surface area contributed by atoms with Gasteiger partial charge in [0.15, 0.2) is 0 Å². The van der Waals surface area contributed by atoms with E-state index >= 15 is 0 Å². The predicted octanol–water partition coefficient (Wildman–Crippen LogP) is 11.4. The first-order chi connectivity index (χ1) is 21.3. The summed E-state index contributed by atoms with van der Waals surface area (Å²) >= 11 is 0. The van der Waals surface area contributed by atoms with Crippen LogP contribution in [0, 0.1) is 0 Å². The molecule has 0 radical (unpaired) electrons. The Morgan fingerprint density at radius 3 is 1.38 bits per heavy atom. The van der Waals surface area contributed by atoms with Crippen LogP contribution in [-0.4, -0.2) is 11.2 Å².